The van der Waals surface area contributed by atoms with Crippen molar-refractivity contribution in [3.05, 3.63) is 0 Å². The third kappa shape index (κ3) is 7.84. The fraction of sp³-hybridized carbons (Fsp3) is 1.00. The van der Waals surface area contributed by atoms with Gasteiger partial charge in [0.1, 0.15) is 24.4 Å². The largest absolute Gasteiger partial charge is 0.373 e. The zero-order chi connectivity index (χ0) is 18.5. The van der Waals surface area contributed by atoms with Gasteiger partial charge < -0.3 is 18.9 Å². The maximum Gasteiger partial charge on any atom is 0.115 e. The van der Waals surface area contributed by atoms with Gasteiger partial charge in [0.2, 0.25) is 0 Å². The maximum absolute atomic E-state index is 6.05. The SMILES string of the molecule is CCCCCCCCO[C@H]1CO[C@@H]2[C@H]1OC[C@@H]2OCCCCCCCC. The fourth-order valence-corrected chi connectivity index (χ4v) is 3.95. The second-order valence-corrected chi connectivity index (χ2v) is 7.95. The molecule has 0 aromatic carbocycles. The van der Waals surface area contributed by atoms with E-state index in [0.717, 1.165) is 26.1 Å². The Morgan fingerprint density at radius 3 is 1.38 bits per heavy atom. The third-order valence-corrected chi connectivity index (χ3v) is 5.62. The average molecular weight is 371 g/mol. The zero-order valence-electron chi connectivity index (χ0n) is 17.3. The van der Waals surface area contributed by atoms with Gasteiger partial charge in [0.05, 0.1) is 13.2 Å². The number of hydrogen-bond donors (Lipinski definition) is 0. The molecule has 0 bridgehead atoms. The van der Waals surface area contributed by atoms with Gasteiger partial charge in [-0.3, -0.25) is 0 Å². The predicted octanol–water partition coefficient (Wildman–Crippen LogP) is 5.28. The van der Waals surface area contributed by atoms with Gasteiger partial charge >= 0.3 is 0 Å². The van der Waals surface area contributed by atoms with Gasteiger partial charge in [0.25, 0.3) is 0 Å². The molecule has 0 saturated carbocycles. The number of ether oxygens (including phenoxy) is 4. The first-order chi connectivity index (χ1) is 12.9. The van der Waals surface area contributed by atoms with E-state index in [1.54, 1.807) is 0 Å². The van der Waals surface area contributed by atoms with Crippen LogP contribution in [0.3, 0.4) is 0 Å². The average Bonchev–Trinajstić information content (AvgIpc) is 3.23. The second kappa shape index (κ2) is 13.9. The highest BCUT2D eigenvalue weighted by Gasteiger charge is 2.48. The van der Waals surface area contributed by atoms with Crippen molar-refractivity contribution < 1.29 is 18.9 Å². The number of rotatable bonds is 16. The molecule has 0 radical (unpaired) electrons. The van der Waals surface area contributed by atoms with Crippen molar-refractivity contribution in [3.63, 3.8) is 0 Å². The summed E-state index contributed by atoms with van der Waals surface area (Å²) in [5.41, 5.74) is 0. The minimum Gasteiger partial charge on any atom is -0.373 e. The normalized spacial score (nSPS) is 27.9. The van der Waals surface area contributed by atoms with Gasteiger partial charge in [-0.05, 0) is 12.8 Å². The topological polar surface area (TPSA) is 36.9 Å². The van der Waals surface area contributed by atoms with Crippen molar-refractivity contribution >= 4 is 0 Å². The van der Waals surface area contributed by atoms with Gasteiger partial charge in [-0.15, -0.1) is 0 Å². The summed E-state index contributed by atoms with van der Waals surface area (Å²) in [6, 6.07) is 0. The summed E-state index contributed by atoms with van der Waals surface area (Å²) in [6.45, 7) is 7.48. The molecule has 4 heteroatoms. The van der Waals surface area contributed by atoms with Crippen LogP contribution in [0.25, 0.3) is 0 Å². The van der Waals surface area contributed by atoms with Crippen LogP contribution in [0.2, 0.25) is 0 Å². The molecular formula is C22H42O4. The highest BCUT2D eigenvalue weighted by Crippen LogP contribution is 2.30. The molecule has 0 unspecified atom stereocenters. The Bertz CT molecular complexity index is 304. The summed E-state index contributed by atoms with van der Waals surface area (Å²) in [7, 11) is 0. The summed E-state index contributed by atoms with van der Waals surface area (Å²) in [5.74, 6) is 0. The van der Waals surface area contributed by atoms with Crippen LogP contribution in [0.5, 0.6) is 0 Å². The van der Waals surface area contributed by atoms with Crippen molar-refractivity contribution in [2.45, 2.75) is 115 Å². The lowest BCUT2D eigenvalue weighted by Gasteiger charge is -2.17. The van der Waals surface area contributed by atoms with Crippen LogP contribution in [0.1, 0.15) is 90.9 Å². The lowest BCUT2D eigenvalue weighted by molar-refractivity contribution is -0.0512. The summed E-state index contributed by atoms with van der Waals surface area (Å²) in [4.78, 5) is 0. The van der Waals surface area contributed by atoms with E-state index in [9.17, 15) is 0 Å². The van der Waals surface area contributed by atoms with Gasteiger partial charge in [-0.2, -0.15) is 0 Å². The molecule has 4 nitrogen and oxygen atoms in total. The molecule has 26 heavy (non-hydrogen) atoms. The van der Waals surface area contributed by atoms with Crippen LogP contribution in [-0.4, -0.2) is 50.8 Å². The quantitative estimate of drug-likeness (QED) is 0.347. The van der Waals surface area contributed by atoms with Crippen LogP contribution < -0.4 is 0 Å². The predicted molar refractivity (Wildman–Crippen MR) is 106 cm³/mol. The van der Waals surface area contributed by atoms with Crippen molar-refractivity contribution in [1.29, 1.82) is 0 Å². The number of hydrogen-bond acceptors (Lipinski definition) is 4. The molecule has 0 spiro atoms. The maximum atomic E-state index is 6.05. The van der Waals surface area contributed by atoms with E-state index in [1.165, 1.54) is 64.2 Å². The Hall–Kier alpha value is -0.160. The molecule has 0 aromatic heterocycles. The Kier molecular flexibility index (Phi) is 11.9. The first kappa shape index (κ1) is 22.1. The molecule has 0 aromatic rings. The highest BCUT2D eigenvalue weighted by atomic mass is 16.6. The first-order valence-electron chi connectivity index (χ1n) is 11.3. The third-order valence-electron chi connectivity index (χ3n) is 5.62. The Balaban J connectivity index is 1.50. The molecule has 2 heterocycles. The summed E-state index contributed by atoms with van der Waals surface area (Å²) >= 11 is 0. The van der Waals surface area contributed by atoms with Crippen LogP contribution in [-0.2, 0) is 18.9 Å². The molecule has 2 rings (SSSR count). The van der Waals surface area contributed by atoms with Crippen LogP contribution in [0.4, 0.5) is 0 Å². The first-order valence-corrected chi connectivity index (χ1v) is 11.3. The van der Waals surface area contributed by atoms with Crippen LogP contribution in [0, 0.1) is 0 Å². The Labute approximate surface area is 161 Å². The molecule has 2 saturated heterocycles. The van der Waals surface area contributed by atoms with E-state index >= 15 is 0 Å². The van der Waals surface area contributed by atoms with Crippen molar-refractivity contribution in [1.82, 2.24) is 0 Å². The second-order valence-electron chi connectivity index (χ2n) is 7.95. The van der Waals surface area contributed by atoms with E-state index in [2.05, 4.69) is 13.8 Å². The monoisotopic (exact) mass is 370 g/mol. The lowest BCUT2D eigenvalue weighted by Crippen LogP contribution is -2.34. The van der Waals surface area contributed by atoms with Gasteiger partial charge in [-0.25, -0.2) is 0 Å². The summed E-state index contributed by atoms with van der Waals surface area (Å²) in [5, 5.41) is 0. The van der Waals surface area contributed by atoms with E-state index in [1.807, 2.05) is 0 Å². The van der Waals surface area contributed by atoms with E-state index < -0.39 is 0 Å². The molecular weight excluding hydrogens is 328 g/mol. The minimum atomic E-state index is 0.0737. The number of unbranched alkanes of at least 4 members (excludes halogenated alkanes) is 10. The van der Waals surface area contributed by atoms with Crippen molar-refractivity contribution in [2.75, 3.05) is 26.4 Å². The molecule has 154 valence electrons. The molecule has 2 aliphatic rings. The zero-order valence-corrected chi connectivity index (χ0v) is 17.3. The minimum absolute atomic E-state index is 0.0737. The lowest BCUT2D eigenvalue weighted by atomic mass is 10.1. The fourth-order valence-electron chi connectivity index (χ4n) is 3.95. The molecule has 4 atom stereocenters. The number of fused-ring (bicyclic) bond motifs is 1. The van der Waals surface area contributed by atoms with Crippen LogP contribution >= 0.6 is 0 Å². The molecule has 0 N–H and O–H groups in total. The smallest absolute Gasteiger partial charge is 0.115 e. The Morgan fingerprint density at radius 2 is 0.962 bits per heavy atom. The van der Waals surface area contributed by atoms with Gasteiger partial charge in [-0.1, -0.05) is 78.1 Å². The van der Waals surface area contributed by atoms with Gasteiger partial charge in [0.15, 0.2) is 0 Å². The standard InChI is InChI=1S/C22H42O4/c1-3-5-7-9-11-13-15-23-19-17-25-22-20(18-26-21(19)22)24-16-14-12-10-8-6-4-2/h19-22H,3-18H2,1-2H3/t19-,20-,21-,22-/m0/s1. The van der Waals surface area contributed by atoms with E-state index in [0.29, 0.717) is 13.2 Å². The summed E-state index contributed by atoms with van der Waals surface area (Å²) < 4.78 is 24.0. The van der Waals surface area contributed by atoms with Gasteiger partial charge in [0, 0.05) is 13.2 Å². The van der Waals surface area contributed by atoms with Crippen LogP contribution in [0.15, 0.2) is 0 Å². The van der Waals surface area contributed by atoms with E-state index in [-0.39, 0.29) is 24.4 Å². The molecule has 0 amide bonds. The Morgan fingerprint density at radius 1 is 0.577 bits per heavy atom. The van der Waals surface area contributed by atoms with E-state index in [4.69, 9.17) is 18.9 Å². The molecule has 0 aliphatic carbocycles. The van der Waals surface area contributed by atoms with Crippen molar-refractivity contribution in [3.8, 4) is 0 Å². The summed E-state index contributed by atoms with van der Waals surface area (Å²) in [6.07, 6.45) is 15.9. The molecule has 2 fully saturated rings. The highest BCUT2D eigenvalue weighted by molar-refractivity contribution is 4.95. The van der Waals surface area contributed by atoms with Crippen molar-refractivity contribution in [2.24, 2.45) is 0 Å². The molecule has 2 aliphatic heterocycles.